The third kappa shape index (κ3) is 6.53. The van der Waals surface area contributed by atoms with Crippen LogP contribution in [0.25, 0.3) is 0 Å². The van der Waals surface area contributed by atoms with Gasteiger partial charge in [-0.1, -0.05) is 90.8 Å². The molecule has 2 aliphatic carbocycles. The minimum absolute atomic E-state index is 0.0130. The topological polar surface area (TPSA) is 43.4 Å². The van der Waals surface area contributed by atoms with Crippen molar-refractivity contribution in [2.24, 2.45) is 28.6 Å². The predicted molar refractivity (Wildman–Crippen MR) is 160 cm³/mol. The van der Waals surface area contributed by atoms with E-state index in [2.05, 4.69) is 74.6 Å². The van der Waals surface area contributed by atoms with Gasteiger partial charge in [-0.25, -0.2) is 8.42 Å². The first-order chi connectivity index (χ1) is 16.9. The van der Waals surface area contributed by atoms with E-state index in [0.717, 1.165) is 6.42 Å². The molecule has 3 rings (SSSR count). The normalized spacial score (nSPS) is 28.4. The highest BCUT2D eigenvalue weighted by molar-refractivity contribution is 7.94. The van der Waals surface area contributed by atoms with Crippen molar-refractivity contribution in [1.29, 1.82) is 0 Å². The van der Waals surface area contributed by atoms with Crippen LogP contribution in [0, 0.1) is 28.6 Å². The van der Waals surface area contributed by atoms with Crippen molar-refractivity contribution < 1.29 is 12.8 Å². The van der Waals surface area contributed by atoms with Gasteiger partial charge >= 0.3 is 0 Å². The van der Waals surface area contributed by atoms with Gasteiger partial charge in [-0.05, 0) is 91.5 Å². The molecule has 208 valence electrons. The van der Waals surface area contributed by atoms with Crippen LogP contribution in [0.1, 0.15) is 87.5 Å². The number of hydrogen-bond acceptors (Lipinski definition) is 3. The van der Waals surface area contributed by atoms with Crippen LogP contribution in [-0.4, -0.2) is 22.8 Å². The molecule has 0 amide bonds. The minimum Gasteiger partial charge on any atom is -0.413 e. The summed E-state index contributed by atoms with van der Waals surface area (Å²) in [5.41, 5.74) is 2.08. The molecule has 2 aliphatic rings. The van der Waals surface area contributed by atoms with E-state index in [-0.39, 0.29) is 22.5 Å². The van der Waals surface area contributed by atoms with Crippen LogP contribution in [0.2, 0.25) is 18.1 Å². The Morgan fingerprint density at radius 1 is 1.11 bits per heavy atom. The lowest BCUT2D eigenvalue weighted by molar-refractivity contribution is -0.0507. The lowest BCUT2D eigenvalue weighted by Gasteiger charge is -2.57. The van der Waals surface area contributed by atoms with Gasteiger partial charge in [0.1, 0.15) is 0 Å². The Balaban J connectivity index is 1.96. The summed E-state index contributed by atoms with van der Waals surface area (Å²) in [7, 11) is -5.56. The lowest BCUT2D eigenvalue weighted by atomic mass is 9.48. The van der Waals surface area contributed by atoms with E-state index in [1.165, 1.54) is 36.7 Å². The van der Waals surface area contributed by atoms with Crippen LogP contribution >= 0.6 is 0 Å². The fraction of sp³-hybridized carbons (Fsp3) is 0.688. The fourth-order valence-corrected chi connectivity index (χ4v) is 9.36. The average molecular weight is 545 g/mol. The van der Waals surface area contributed by atoms with E-state index >= 15 is 0 Å². The quantitative estimate of drug-likeness (QED) is 0.242. The number of benzene rings is 1. The van der Waals surface area contributed by atoms with E-state index in [9.17, 15) is 8.42 Å². The summed E-state index contributed by atoms with van der Waals surface area (Å²) in [4.78, 5) is 0.339. The predicted octanol–water partition coefficient (Wildman–Crippen LogP) is 9.19. The Hall–Kier alpha value is -1.17. The van der Waals surface area contributed by atoms with E-state index in [4.69, 9.17) is 4.43 Å². The average Bonchev–Trinajstić information content (AvgIpc) is 2.78. The zero-order valence-corrected chi connectivity index (χ0v) is 26.9. The Morgan fingerprint density at radius 2 is 1.73 bits per heavy atom. The first kappa shape index (κ1) is 30.4. The van der Waals surface area contributed by atoms with Gasteiger partial charge in [0.05, 0.1) is 11.0 Å². The van der Waals surface area contributed by atoms with E-state index in [1.54, 1.807) is 24.3 Å². The molecule has 3 nitrogen and oxygen atoms in total. The number of fused-ring (bicyclic) bond motifs is 1. The number of allylic oxidation sites excluding steroid dienone is 2. The van der Waals surface area contributed by atoms with Crippen molar-refractivity contribution >= 4 is 18.2 Å². The number of hydrogen-bond donors (Lipinski definition) is 0. The summed E-state index contributed by atoms with van der Waals surface area (Å²) in [5.74, 6) is 1.10. The smallest absolute Gasteiger partial charge is 0.199 e. The zero-order chi connectivity index (χ0) is 27.9. The van der Waals surface area contributed by atoms with Crippen molar-refractivity contribution in [2.75, 3.05) is 0 Å². The summed E-state index contributed by atoms with van der Waals surface area (Å²) >= 11 is 0. The maximum Gasteiger partial charge on any atom is 0.199 e. The van der Waals surface area contributed by atoms with Gasteiger partial charge in [0, 0.05) is 5.41 Å². The molecule has 0 bridgehead atoms. The standard InChI is InChI=1S/C32H52O3SSi/c1-24-17-18-29-31(6,7)20-14-21-32(29,8)27(24)23-28(35-37(9,10)30(3,4)5)25(2)19-22-36(33,34)26-15-12-11-13-16-26/h11-13,15-17,19,22,25,27-29H,14,18,20-21,23H2,1-10H3/b22-19+/t25-,27+,28-,29+,32-/m1/s1. The maximum atomic E-state index is 13.0. The SMILES string of the molecule is CC1=CC[C@H]2C(C)(C)CCC[C@]2(C)[C@H]1C[C@@H](O[Si](C)(C)C(C)(C)C)[C@H](C)/C=C/S(=O)(=O)c1ccccc1. The van der Waals surface area contributed by atoms with Gasteiger partial charge in [-0.15, -0.1) is 0 Å². The molecule has 0 N–H and O–H groups in total. The molecule has 37 heavy (non-hydrogen) atoms. The van der Waals surface area contributed by atoms with Crippen LogP contribution in [0.3, 0.4) is 0 Å². The molecule has 5 heteroatoms. The van der Waals surface area contributed by atoms with Crippen molar-refractivity contribution in [3.05, 3.63) is 53.5 Å². The first-order valence-corrected chi connectivity index (χ1v) is 18.7. The highest BCUT2D eigenvalue weighted by Gasteiger charge is 2.52. The molecular formula is C32H52O3SSi. The zero-order valence-electron chi connectivity index (χ0n) is 25.1. The second kappa shape index (κ2) is 10.8. The Morgan fingerprint density at radius 3 is 2.32 bits per heavy atom. The summed E-state index contributed by atoms with van der Waals surface area (Å²) in [6.07, 6.45) is 10.3. The van der Waals surface area contributed by atoms with Gasteiger partial charge in [-0.2, -0.15) is 0 Å². The molecule has 0 aromatic heterocycles. The maximum absolute atomic E-state index is 13.0. The molecular weight excluding hydrogens is 493 g/mol. The van der Waals surface area contributed by atoms with Crippen molar-refractivity contribution in [2.45, 2.75) is 117 Å². The van der Waals surface area contributed by atoms with E-state index < -0.39 is 18.2 Å². The van der Waals surface area contributed by atoms with Gasteiger partial charge < -0.3 is 4.43 Å². The summed E-state index contributed by atoms with van der Waals surface area (Å²) < 4.78 is 33.2. The Bertz CT molecular complexity index is 1090. The molecule has 5 atom stereocenters. The highest BCUT2D eigenvalue weighted by Crippen LogP contribution is 2.61. The fourth-order valence-electron chi connectivity index (χ4n) is 6.79. The van der Waals surface area contributed by atoms with Crippen LogP contribution in [0.15, 0.2) is 58.4 Å². The van der Waals surface area contributed by atoms with Gasteiger partial charge in [0.25, 0.3) is 0 Å². The molecule has 0 heterocycles. The first-order valence-electron chi connectivity index (χ1n) is 14.2. The highest BCUT2D eigenvalue weighted by atomic mass is 32.2. The molecule has 1 fully saturated rings. The van der Waals surface area contributed by atoms with Crippen molar-refractivity contribution in [1.82, 2.24) is 0 Å². The molecule has 1 saturated carbocycles. The van der Waals surface area contributed by atoms with Crippen LogP contribution in [0.5, 0.6) is 0 Å². The monoisotopic (exact) mass is 544 g/mol. The molecule has 0 aliphatic heterocycles. The molecule has 0 radical (unpaired) electrons. The van der Waals surface area contributed by atoms with Crippen LogP contribution in [0.4, 0.5) is 0 Å². The van der Waals surface area contributed by atoms with Crippen LogP contribution < -0.4 is 0 Å². The lowest BCUT2D eigenvalue weighted by Crippen LogP contribution is -2.51. The summed E-state index contributed by atoms with van der Waals surface area (Å²) in [6.45, 7) is 23.4. The summed E-state index contributed by atoms with van der Waals surface area (Å²) in [6, 6.07) is 8.71. The van der Waals surface area contributed by atoms with Gasteiger partial charge in [0.15, 0.2) is 18.2 Å². The second-order valence-corrected chi connectivity index (χ2v) is 20.9. The van der Waals surface area contributed by atoms with Crippen molar-refractivity contribution in [3.8, 4) is 0 Å². The molecule has 1 aromatic rings. The van der Waals surface area contributed by atoms with Gasteiger partial charge in [-0.3, -0.25) is 0 Å². The molecule has 0 unspecified atom stereocenters. The third-order valence-corrected chi connectivity index (χ3v) is 16.2. The van der Waals surface area contributed by atoms with Gasteiger partial charge in [0.2, 0.25) is 0 Å². The Kier molecular flexibility index (Phi) is 8.84. The largest absolute Gasteiger partial charge is 0.413 e. The van der Waals surface area contributed by atoms with E-state index in [0.29, 0.717) is 22.1 Å². The van der Waals surface area contributed by atoms with E-state index in [1.807, 2.05) is 12.1 Å². The number of sulfone groups is 1. The van der Waals surface area contributed by atoms with Crippen molar-refractivity contribution in [3.63, 3.8) is 0 Å². The molecule has 1 aromatic carbocycles. The molecule has 0 spiro atoms. The molecule has 0 saturated heterocycles. The van der Waals surface area contributed by atoms with Crippen LogP contribution in [-0.2, 0) is 14.3 Å². The third-order valence-electron chi connectivity index (χ3n) is 10.2. The number of rotatable bonds is 8. The Labute approximate surface area is 229 Å². The minimum atomic E-state index is -3.49. The second-order valence-electron chi connectivity index (χ2n) is 14.3. The summed E-state index contributed by atoms with van der Waals surface area (Å²) in [5, 5.41) is 1.49.